The van der Waals surface area contributed by atoms with Crippen LogP contribution in [0, 0.1) is 6.92 Å². The fraction of sp³-hybridized carbons (Fsp3) is 0.375. The molecule has 2 aromatic rings. The monoisotopic (exact) mass is 660 g/mol. The third kappa shape index (κ3) is 3.91. The van der Waals surface area contributed by atoms with Gasteiger partial charge in [-0.3, -0.25) is 0 Å². The topological polar surface area (TPSA) is 37.3 Å². The number of aryl methyl sites for hydroxylation is 1. The average molecular weight is 664 g/mol. The van der Waals surface area contributed by atoms with Gasteiger partial charge in [0.15, 0.2) is 0 Å². The number of carbonyl (C=O) groups is 1. The van der Waals surface area contributed by atoms with Gasteiger partial charge in [0.05, 0.1) is 5.56 Å². The molecule has 2 nitrogen and oxygen atoms in total. The van der Waals surface area contributed by atoms with Gasteiger partial charge < -0.3 is 5.11 Å². The molecular weight excluding hydrogens is 640 g/mol. The maximum atomic E-state index is 11.7. The van der Waals surface area contributed by atoms with Crippen molar-refractivity contribution in [3.8, 4) is 0 Å². The molecular formula is C24H24Br4O2. The highest BCUT2D eigenvalue weighted by molar-refractivity contribution is 9.14. The van der Waals surface area contributed by atoms with Gasteiger partial charge in [0.2, 0.25) is 0 Å². The Morgan fingerprint density at radius 1 is 0.867 bits per heavy atom. The Hall–Kier alpha value is -0.430. The van der Waals surface area contributed by atoms with Crippen LogP contribution in [0.25, 0.3) is 5.57 Å². The molecule has 0 saturated heterocycles. The van der Waals surface area contributed by atoms with Crippen LogP contribution in [0.1, 0.15) is 78.7 Å². The summed E-state index contributed by atoms with van der Waals surface area (Å²) in [7, 11) is 0. The molecule has 160 valence electrons. The first-order valence-corrected chi connectivity index (χ1v) is 12.8. The number of benzene rings is 2. The van der Waals surface area contributed by atoms with E-state index < -0.39 is 5.97 Å². The van der Waals surface area contributed by atoms with E-state index in [1.54, 1.807) is 0 Å². The molecule has 30 heavy (non-hydrogen) atoms. The Bertz CT molecular complexity index is 1070. The van der Waals surface area contributed by atoms with Crippen molar-refractivity contribution < 1.29 is 9.90 Å². The second-order valence-electron chi connectivity index (χ2n) is 9.27. The summed E-state index contributed by atoms with van der Waals surface area (Å²) in [4.78, 5) is 11.7. The highest BCUT2D eigenvalue weighted by atomic mass is 79.9. The van der Waals surface area contributed by atoms with Crippen LogP contribution in [0.2, 0.25) is 0 Å². The predicted molar refractivity (Wildman–Crippen MR) is 139 cm³/mol. The van der Waals surface area contributed by atoms with Crippen molar-refractivity contribution in [3.05, 3.63) is 70.0 Å². The minimum atomic E-state index is -1.01. The first-order valence-electron chi connectivity index (χ1n) is 9.65. The largest absolute Gasteiger partial charge is 0.478 e. The Kier molecular flexibility index (Phi) is 6.59. The van der Waals surface area contributed by atoms with Crippen molar-refractivity contribution in [3.63, 3.8) is 0 Å². The molecule has 0 amide bonds. The highest BCUT2D eigenvalue weighted by Gasteiger charge is 2.37. The van der Waals surface area contributed by atoms with E-state index in [0.29, 0.717) is 17.9 Å². The van der Waals surface area contributed by atoms with Crippen LogP contribution in [0.15, 0.2) is 36.6 Å². The molecule has 0 aliphatic heterocycles. The summed E-state index contributed by atoms with van der Waals surface area (Å²) < 4.78 is 2.30. The van der Waals surface area contributed by atoms with Gasteiger partial charge in [-0.05, 0) is 122 Å². The molecule has 0 fully saturated rings. The lowest BCUT2D eigenvalue weighted by atomic mass is 9.62. The van der Waals surface area contributed by atoms with Gasteiger partial charge in [0.1, 0.15) is 0 Å². The fourth-order valence-corrected chi connectivity index (χ4v) is 7.20. The van der Waals surface area contributed by atoms with Gasteiger partial charge in [0.25, 0.3) is 0 Å². The summed E-state index contributed by atoms with van der Waals surface area (Å²) in [6.07, 6.45) is 2.31. The molecule has 0 atom stereocenters. The Morgan fingerprint density at radius 3 is 1.70 bits per heavy atom. The normalized spacial score (nSPS) is 16.8. The molecule has 0 aromatic heterocycles. The fourth-order valence-electron chi connectivity index (χ4n) is 4.27. The van der Waals surface area contributed by atoms with Gasteiger partial charge in [0, 0.05) is 23.5 Å². The lowest BCUT2D eigenvalue weighted by Gasteiger charge is -2.42. The summed E-state index contributed by atoms with van der Waals surface area (Å²) in [5, 5.41) is 9.60. The van der Waals surface area contributed by atoms with Crippen LogP contribution in [0.4, 0.5) is 0 Å². The molecule has 1 aliphatic rings. The van der Waals surface area contributed by atoms with Crippen LogP contribution < -0.4 is 0 Å². The number of fused-ring (bicyclic) bond motifs is 1. The van der Waals surface area contributed by atoms with Crippen molar-refractivity contribution in [2.75, 3.05) is 0 Å². The Morgan fingerprint density at radius 2 is 1.27 bits per heavy atom. The van der Waals surface area contributed by atoms with Gasteiger partial charge in [-0.25, -0.2) is 4.79 Å². The maximum absolute atomic E-state index is 11.7. The summed E-state index contributed by atoms with van der Waals surface area (Å²) >= 11 is 14.1. The number of rotatable bonds is 3. The molecule has 0 bridgehead atoms. The number of hydrogen-bond acceptors (Lipinski definition) is 1. The van der Waals surface area contributed by atoms with Crippen molar-refractivity contribution in [1.29, 1.82) is 0 Å². The van der Waals surface area contributed by atoms with Crippen LogP contribution in [-0.2, 0) is 10.8 Å². The number of halogens is 4. The molecule has 2 aromatic carbocycles. The third-order valence-corrected chi connectivity index (χ3v) is 10.5. The van der Waals surface area contributed by atoms with Crippen LogP contribution >= 0.6 is 63.7 Å². The standard InChI is InChI=1S/C24H24Br4O2/c1-11-9-14-15(24(5,6)8-7-23(14,3)4)10-13(11)12(2)16-18(25)20(27)17(22(29)30)21(28)19(16)26/h9-10H,2,7-8H2,1,3-6H3,(H,29,30). The molecule has 0 spiro atoms. The van der Waals surface area contributed by atoms with Crippen molar-refractivity contribution in [1.82, 2.24) is 0 Å². The Balaban J connectivity index is 2.27. The second-order valence-corrected chi connectivity index (χ2v) is 12.4. The van der Waals surface area contributed by atoms with Crippen LogP contribution in [0.3, 0.4) is 0 Å². The predicted octanol–water partition coefficient (Wildman–Crippen LogP) is 9.15. The minimum absolute atomic E-state index is 0.0936. The number of carboxylic acids is 1. The maximum Gasteiger partial charge on any atom is 0.338 e. The van der Waals surface area contributed by atoms with Crippen LogP contribution in [0.5, 0.6) is 0 Å². The summed E-state index contributed by atoms with van der Waals surface area (Å²) in [5.41, 5.74) is 7.09. The molecule has 0 heterocycles. The highest BCUT2D eigenvalue weighted by Crippen LogP contribution is 2.49. The smallest absolute Gasteiger partial charge is 0.338 e. The van der Waals surface area contributed by atoms with E-state index in [1.165, 1.54) is 17.5 Å². The van der Waals surface area contributed by atoms with E-state index in [-0.39, 0.29) is 16.4 Å². The molecule has 1 aliphatic carbocycles. The SMILES string of the molecule is C=C(c1cc2c(cc1C)C(C)(C)CCC2(C)C)c1c(Br)c(Br)c(C(=O)O)c(Br)c1Br. The van der Waals surface area contributed by atoms with Crippen LogP contribution in [-0.4, -0.2) is 11.1 Å². The zero-order chi connectivity index (χ0) is 22.8. The van der Waals surface area contributed by atoms with Crippen molar-refractivity contribution >= 4 is 75.3 Å². The Labute approximate surface area is 212 Å². The van der Waals surface area contributed by atoms with Crippen molar-refractivity contribution in [2.24, 2.45) is 0 Å². The molecule has 0 radical (unpaired) electrons. The van der Waals surface area contributed by atoms with Gasteiger partial charge in [-0.1, -0.05) is 46.4 Å². The van der Waals surface area contributed by atoms with Gasteiger partial charge in [-0.15, -0.1) is 0 Å². The van der Waals surface area contributed by atoms with E-state index in [0.717, 1.165) is 28.7 Å². The molecule has 3 rings (SSSR count). The molecule has 0 unspecified atom stereocenters. The van der Waals surface area contributed by atoms with E-state index in [1.807, 2.05) is 0 Å². The average Bonchev–Trinajstić information content (AvgIpc) is 2.63. The lowest BCUT2D eigenvalue weighted by molar-refractivity contribution is 0.0694. The van der Waals surface area contributed by atoms with E-state index in [4.69, 9.17) is 0 Å². The van der Waals surface area contributed by atoms with Gasteiger partial charge in [-0.2, -0.15) is 0 Å². The zero-order valence-corrected chi connectivity index (χ0v) is 24.0. The van der Waals surface area contributed by atoms with E-state index >= 15 is 0 Å². The summed E-state index contributed by atoms with van der Waals surface area (Å²) in [6.45, 7) is 15.8. The first-order chi connectivity index (χ1) is 13.7. The quantitative estimate of drug-likeness (QED) is 0.333. The molecule has 0 saturated carbocycles. The van der Waals surface area contributed by atoms with Crippen molar-refractivity contribution in [2.45, 2.75) is 58.3 Å². The minimum Gasteiger partial charge on any atom is -0.478 e. The second kappa shape index (κ2) is 8.17. The summed E-state index contributed by atoms with van der Waals surface area (Å²) in [5.74, 6) is -1.01. The zero-order valence-electron chi connectivity index (χ0n) is 17.6. The first kappa shape index (κ1) is 24.2. The molecule has 6 heteroatoms. The number of aromatic carboxylic acids is 1. The number of carboxylic acid groups (broad SMARTS) is 1. The summed E-state index contributed by atoms with van der Waals surface area (Å²) in [6, 6.07) is 4.61. The van der Waals surface area contributed by atoms with Gasteiger partial charge >= 0.3 is 5.97 Å². The number of hydrogen-bond donors (Lipinski definition) is 1. The third-order valence-electron chi connectivity index (χ3n) is 6.30. The lowest BCUT2D eigenvalue weighted by Crippen LogP contribution is -2.34. The molecule has 1 N–H and O–H groups in total. The van der Waals surface area contributed by atoms with E-state index in [2.05, 4.69) is 117 Å². The van der Waals surface area contributed by atoms with E-state index in [9.17, 15) is 9.90 Å².